The number of amides is 1. The summed E-state index contributed by atoms with van der Waals surface area (Å²) >= 11 is 0. The van der Waals surface area contributed by atoms with Gasteiger partial charge in [-0.25, -0.2) is 0 Å². The standard InChI is InChI=1S/C20H22N4O2/c1-15-9-10-16(19-14-24(23-22-19)11-5-6-12-25)13-18(15)20(26)21-17-7-3-2-4-8-17/h2-4,7-10,13-14,25H,5-6,11-12H2,1H3,(H,21,26). The minimum atomic E-state index is -0.147. The molecule has 0 unspecified atom stereocenters. The van der Waals surface area contributed by atoms with Gasteiger partial charge in [0.2, 0.25) is 0 Å². The number of benzene rings is 2. The molecule has 0 atom stereocenters. The zero-order valence-corrected chi connectivity index (χ0v) is 14.7. The van der Waals surface area contributed by atoms with E-state index in [0.29, 0.717) is 12.1 Å². The quantitative estimate of drug-likeness (QED) is 0.641. The van der Waals surface area contributed by atoms with Gasteiger partial charge in [0.05, 0.1) is 6.20 Å². The van der Waals surface area contributed by atoms with Gasteiger partial charge in [0.1, 0.15) is 5.69 Å². The molecule has 26 heavy (non-hydrogen) atoms. The molecule has 2 aromatic carbocycles. The molecule has 1 heterocycles. The van der Waals surface area contributed by atoms with Crippen LogP contribution in [0.25, 0.3) is 11.3 Å². The van der Waals surface area contributed by atoms with E-state index in [0.717, 1.165) is 35.3 Å². The van der Waals surface area contributed by atoms with Crippen LogP contribution in [0.5, 0.6) is 0 Å². The summed E-state index contributed by atoms with van der Waals surface area (Å²) in [5.74, 6) is -0.147. The lowest BCUT2D eigenvalue weighted by Gasteiger charge is -2.09. The van der Waals surface area contributed by atoms with Crippen molar-refractivity contribution in [1.29, 1.82) is 0 Å². The van der Waals surface area contributed by atoms with Crippen molar-refractivity contribution in [1.82, 2.24) is 15.0 Å². The second kappa shape index (κ2) is 8.40. The second-order valence-corrected chi connectivity index (χ2v) is 6.15. The van der Waals surface area contributed by atoms with Gasteiger partial charge in [-0.3, -0.25) is 9.48 Å². The van der Waals surface area contributed by atoms with E-state index in [2.05, 4.69) is 15.6 Å². The van der Waals surface area contributed by atoms with Crippen LogP contribution in [-0.4, -0.2) is 32.6 Å². The largest absolute Gasteiger partial charge is 0.396 e. The molecule has 0 aliphatic heterocycles. The number of aliphatic hydroxyl groups excluding tert-OH is 1. The Morgan fingerprint density at radius 2 is 1.96 bits per heavy atom. The number of rotatable bonds is 7. The number of nitrogens with one attached hydrogen (secondary N) is 1. The van der Waals surface area contributed by atoms with E-state index in [1.807, 2.05) is 61.7 Å². The van der Waals surface area contributed by atoms with Crippen LogP contribution in [0, 0.1) is 6.92 Å². The van der Waals surface area contributed by atoms with Gasteiger partial charge in [-0.15, -0.1) is 5.10 Å². The van der Waals surface area contributed by atoms with Gasteiger partial charge in [0.25, 0.3) is 5.91 Å². The van der Waals surface area contributed by atoms with E-state index < -0.39 is 0 Å². The highest BCUT2D eigenvalue weighted by Gasteiger charge is 2.12. The molecule has 0 aliphatic rings. The third kappa shape index (κ3) is 4.34. The molecular formula is C20H22N4O2. The van der Waals surface area contributed by atoms with Crippen LogP contribution >= 0.6 is 0 Å². The van der Waals surface area contributed by atoms with Crippen LogP contribution in [0.15, 0.2) is 54.7 Å². The molecular weight excluding hydrogens is 328 g/mol. The molecule has 2 N–H and O–H groups in total. The molecule has 0 fully saturated rings. The summed E-state index contributed by atoms with van der Waals surface area (Å²) in [6.45, 7) is 2.80. The van der Waals surface area contributed by atoms with Gasteiger partial charge in [-0.05, 0) is 43.5 Å². The maximum absolute atomic E-state index is 12.6. The number of aryl methyl sites for hydroxylation is 2. The number of hydrogen-bond acceptors (Lipinski definition) is 4. The van der Waals surface area contributed by atoms with Crippen molar-refractivity contribution in [3.05, 3.63) is 65.9 Å². The molecule has 0 bridgehead atoms. The molecule has 0 aliphatic carbocycles. The van der Waals surface area contributed by atoms with Crippen LogP contribution in [0.3, 0.4) is 0 Å². The summed E-state index contributed by atoms with van der Waals surface area (Å²) in [5.41, 5.74) is 3.85. The second-order valence-electron chi connectivity index (χ2n) is 6.15. The van der Waals surface area contributed by atoms with Crippen LogP contribution in [0.2, 0.25) is 0 Å². The molecule has 1 aromatic heterocycles. The number of unbranched alkanes of at least 4 members (excludes halogenated alkanes) is 1. The molecule has 1 amide bonds. The smallest absolute Gasteiger partial charge is 0.255 e. The Kier molecular flexibility index (Phi) is 5.76. The van der Waals surface area contributed by atoms with Crippen LogP contribution in [0.4, 0.5) is 5.69 Å². The van der Waals surface area contributed by atoms with Crippen molar-refractivity contribution in [3.8, 4) is 11.3 Å². The van der Waals surface area contributed by atoms with Gasteiger partial charge in [0.15, 0.2) is 0 Å². The molecule has 3 rings (SSSR count). The maximum atomic E-state index is 12.6. The Hall–Kier alpha value is -2.99. The SMILES string of the molecule is Cc1ccc(-c2cn(CCCCO)nn2)cc1C(=O)Nc1ccccc1. The lowest BCUT2D eigenvalue weighted by Crippen LogP contribution is -2.13. The fourth-order valence-electron chi connectivity index (χ4n) is 2.67. The van der Waals surface area contributed by atoms with Crippen molar-refractivity contribution in [2.75, 3.05) is 11.9 Å². The average Bonchev–Trinajstić information content (AvgIpc) is 3.12. The van der Waals surface area contributed by atoms with E-state index >= 15 is 0 Å². The van der Waals surface area contributed by atoms with E-state index in [9.17, 15) is 4.79 Å². The van der Waals surface area contributed by atoms with E-state index in [1.54, 1.807) is 4.68 Å². The fraction of sp³-hybridized carbons (Fsp3) is 0.250. The first-order valence-electron chi connectivity index (χ1n) is 8.66. The highest BCUT2D eigenvalue weighted by atomic mass is 16.2. The van der Waals surface area contributed by atoms with Crippen LogP contribution in [-0.2, 0) is 6.54 Å². The summed E-state index contributed by atoms with van der Waals surface area (Å²) in [7, 11) is 0. The molecule has 3 aromatic rings. The topological polar surface area (TPSA) is 80.0 Å². The molecule has 0 saturated heterocycles. The lowest BCUT2D eigenvalue weighted by molar-refractivity contribution is 0.102. The lowest BCUT2D eigenvalue weighted by atomic mass is 10.0. The molecule has 6 heteroatoms. The third-order valence-corrected chi connectivity index (χ3v) is 4.14. The Labute approximate surface area is 152 Å². The fourth-order valence-corrected chi connectivity index (χ4v) is 2.67. The molecule has 134 valence electrons. The van der Waals surface area contributed by atoms with Gasteiger partial charge in [-0.2, -0.15) is 0 Å². The van der Waals surface area contributed by atoms with E-state index in [1.165, 1.54) is 0 Å². The summed E-state index contributed by atoms with van der Waals surface area (Å²) in [6, 6.07) is 15.1. The number of anilines is 1. The van der Waals surface area contributed by atoms with Crippen LogP contribution in [0.1, 0.15) is 28.8 Å². The van der Waals surface area contributed by atoms with Gasteiger partial charge in [-0.1, -0.05) is 35.5 Å². The van der Waals surface area contributed by atoms with Crippen molar-refractivity contribution < 1.29 is 9.90 Å². The Bertz CT molecular complexity index is 875. The Morgan fingerprint density at radius 3 is 2.73 bits per heavy atom. The molecule has 6 nitrogen and oxygen atoms in total. The number of hydrogen-bond donors (Lipinski definition) is 2. The molecule has 0 spiro atoms. The number of carbonyl (C=O) groups is 1. The van der Waals surface area contributed by atoms with Crippen molar-refractivity contribution in [2.24, 2.45) is 0 Å². The highest BCUT2D eigenvalue weighted by molar-refractivity contribution is 6.05. The Morgan fingerprint density at radius 1 is 1.15 bits per heavy atom. The van der Waals surface area contributed by atoms with Crippen molar-refractivity contribution in [3.63, 3.8) is 0 Å². The zero-order chi connectivity index (χ0) is 18.4. The minimum Gasteiger partial charge on any atom is -0.396 e. The normalized spacial score (nSPS) is 10.7. The number of carbonyl (C=O) groups excluding carboxylic acids is 1. The zero-order valence-electron chi connectivity index (χ0n) is 14.7. The number of nitrogens with zero attached hydrogens (tertiary/aromatic N) is 3. The predicted molar refractivity (Wildman–Crippen MR) is 101 cm³/mol. The number of para-hydroxylation sites is 1. The summed E-state index contributed by atoms with van der Waals surface area (Å²) < 4.78 is 1.76. The first-order chi connectivity index (χ1) is 12.7. The van der Waals surface area contributed by atoms with Crippen molar-refractivity contribution in [2.45, 2.75) is 26.3 Å². The monoisotopic (exact) mass is 350 g/mol. The molecule has 0 saturated carbocycles. The first kappa shape index (κ1) is 17.8. The van der Waals surface area contributed by atoms with Crippen molar-refractivity contribution >= 4 is 11.6 Å². The number of aromatic nitrogens is 3. The number of aliphatic hydroxyl groups is 1. The van der Waals surface area contributed by atoms with Crippen LogP contribution < -0.4 is 5.32 Å². The average molecular weight is 350 g/mol. The van der Waals surface area contributed by atoms with E-state index in [-0.39, 0.29) is 12.5 Å². The van der Waals surface area contributed by atoms with Gasteiger partial charge >= 0.3 is 0 Å². The van der Waals surface area contributed by atoms with Gasteiger partial charge < -0.3 is 10.4 Å². The summed E-state index contributed by atoms with van der Waals surface area (Å²) in [6.07, 6.45) is 3.45. The molecule has 0 radical (unpaired) electrons. The van der Waals surface area contributed by atoms with Gasteiger partial charge in [0, 0.05) is 30.0 Å². The summed E-state index contributed by atoms with van der Waals surface area (Å²) in [5, 5.41) is 20.1. The Balaban J connectivity index is 1.78. The van der Waals surface area contributed by atoms with E-state index in [4.69, 9.17) is 5.11 Å². The summed E-state index contributed by atoms with van der Waals surface area (Å²) in [4.78, 5) is 12.6. The highest BCUT2D eigenvalue weighted by Crippen LogP contribution is 2.21. The third-order valence-electron chi connectivity index (χ3n) is 4.14. The first-order valence-corrected chi connectivity index (χ1v) is 8.66. The predicted octanol–water partition coefficient (Wildman–Crippen LogP) is 3.28. The maximum Gasteiger partial charge on any atom is 0.255 e. The minimum absolute atomic E-state index is 0.147.